The summed E-state index contributed by atoms with van der Waals surface area (Å²) in [5, 5.41) is 3.91. The summed E-state index contributed by atoms with van der Waals surface area (Å²) in [6.45, 7) is 4.87. The molecule has 7 heteroatoms. The molecule has 0 aliphatic carbocycles. The highest BCUT2D eigenvalue weighted by Gasteiger charge is 2.28. The number of ether oxygens (including phenoxy) is 1. The summed E-state index contributed by atoms with van der Waals surface area (Å²) < 4.78 is 9.82. The number of carbonyl (C=O) groups excluding carboxylic acids is 1. The molecule has 0 spiro atoms. The van der Waals surface area contributed by atoms with E-state index in [9.17, 15) is 4.79 Å². The van der Waals surface area contributed by atoms with Crippen molar-refractivity contribution >= 4 is 5.97 Å². The van der Waals surface area contributed by atoms with E-state index in [1.54, 1.807) is 6.92 Å². The van der Waals surface area contributed by atoms with E-state index in [0.29, 0.717) is 12.4 Å². The van der Waals surface area contributed by atoms with Gasteiger partial charge in [-0.25, -0.2) is 4.79 Å². The average molecular weight is 268 g/mol. The Kier molecular flexibility index (Phi) is 4.49. The topological polar surface area (TPSA) is 71.7 Å². The van der Waals surface area contributed by atoms with Crippen LogP contribution in [0.25, 0.3) is 0 Å². The van der Waals surface area contributed by atoms with Crippen molar-refractivity contribution in [1.29, 1.82) is 0 Å². The predicted molar refractivity (Wildman–Crippen MR) is 67.7 cm³/mol. The van der Waals surface area contributed by atoms with Gasteiger partial charge < -0.3 is 14.2 Å². The molecule has 0 radical (unpaired) electrons. The van der Waals surface area contributed by atoms with Crippen molar-refractivity contribution in [1.82, 2.24) is 19.9 Å². The molecule has 1 unspecified atom stereocenters. The van der Waals surface area contributed by atoms with Crippen LogP contribution in [-0.4, -0.2) is 66.2 Å². The summed E-state index contributed by atoms with van der Waals surface area (Å²) in [7, 11) is 4.10. The molecule has 1 aliphatic rings. The third kappa shape index (κ3) is 3.30. The zero-order valence-corrected chi connectivity index (χ0v) is 11.6. The van der Waals surface area contributed by atoms with Crippen LogP contribution in [0.15, 0.2) is 4.52 Å². The van der Waals surface area contributed by atoms with Crippen LogP contribution < -0.4 is 0 Å². The number of nitrogens with zero attached hydrogens (tertiary/aromatic N) is 4. The molecule has 0 aromatic carbocycles. The fourth-order valence-electron chi connectivity index (χ4n) is 2.20. The second-order valence-corrected chi connectivity index (χ2v) is 4.79. The first-order valence-electron chi connectivity index (χ1n) is 6.51. The lowest BCUT2D eigenvalue weighted by Crippen LogP contribution is -2.31. The number of likely N-dealkylation sites (N-methyl/N-ethyl adjacent to an activating group) is 2. The Balaban J connectivity index is 2.13. The van der Waals surface area contributed by atoms with Crippen LogP contribution in [-0.2, 0) is 4.74 Å². The van der Waals surface area contributed by atoms with Crippen molar-refractivity contribution in [3.05, 3.63) is 11.7 Å². The average Bonchev–Trinajstić information content (AvgIpc) is 2.79. The fourth-order valence-corrected chi connectivity index (χ4v) is 2.20. The Labute approximate surface area is 112 Å². The lowest BCUT2D eigenvalue weighted by Gasteiger charge is -2.24. The Morgan fingerprint density at radius 3 is 3.00 bits per heavy atom. The van der Waals surface area contributed by atoms with Crippen molar-refractivity contribution < 1.29 is 14.1 Å². The number of rotatable bonds is 3. The van der Waals surface area contributed by atoms with Crippen LogP contribution in [0.5, 0.6) is 0 Å². The molecular weight excluding hydrogens is 248 g/mol. The molecule has 0 amide bonds. The second-order valence-electron chi connectivity index (χ2n) is 4.79. The van der Waals surface area contributed by atoms with E-state index in [1.165, 1.54) is 0 Å². The van der Waals surface area contributed by atoms with E-state index in [1.807, 2.05) is 7.05 Å². The maximum atomic E-state index is 11.5. The highest BCUT2D eigenvalue weighted by Crippen LogP contribution is 2.20. The van der Waals surface area contributed by atoms with Crippen LogP contribution in [0.1, 0.15) is 35.9 Å². The van der Waals surface area contributed by atoms with Gasteiger partial charge in [0.25, 0.3) is 0 Å². The molecule has 2 rings (SSSR count). The third-order valence-corrected chi connectivity index (χ3v) is 3.26. The molecule has 19 heavy (non-hydrogen) atoms. The molecule has 106 valence electrons. The Morgan fingerprint density at radius 2 is 2.26 bits per heavy atom. The van der Waals surface area contributed by atoms with Gasteiger partial charge in [0.05, 0.1) is 12.6 Å². The molecule has 1 saturated heterocycles. The van der Waals surface area contributed by atoms with E-state index < -0.39 is 5.97 Å². The number of hydrogen-bond donors (Lipinski definition) is 0. The van der Waals surface area contributed by atoms with Crippen LogP contribution in [0, 0.1) is 0 Å². The molecule has 0 N–H and O–H groups in total. The van der Waals surface area contributed by atoms with E-state index >= 15 is 0 Å². The number of aromatic nitrogens is 2. The minimum absolute atomic E-state index is 0.0411. The Hall–Kier alpha value is -1.47. The first kappa shape index (κ1) is 14.0. The van der Waals surface area contributed by atoms with E-state index in [0.717, 1.165) is 26.1 Å². The smallest absolute Gasteiger partial charge is 0.397 e. The second kappa shape index (κ2) is 6.12. The summed E-state index contributed by atoms with van der Waals surface area (Å²) in [5.74, 6) is -0.0951. The van der Waals surface area contributed by atoms with Gasteiger partial charge >= 0.3 is 11.9 Å². The van der Waals surface area contributed by atoms with Crippen molar-refractivity contribution in [2.45, 2.75) is 19.4 Å². The van der Waals surface area contributed by atoms with Crippen molar-refractivity contribution in [2.24, 2.45) is 0 Å². The molecule has 1 aromatic rings. The van der Waals surface area contributed by atoms with Gasteiger partial charge in [-0.15, -0.1) is 0 Å². The standard InChI is InChI=1S/C12H20N4O3/c1-4-18-12(17)11-13-10(14-19-11)9-8-15(2)6-5-7-16(9)3/h9H,4-8H2,1-3H3. The first-order chi connectivity index (χ1) is 9.11. The summed E-state index contributed by atoms with van der Waals surface area (Å²) >= 11 is 0. The minimum atomic E-state index is -0.564. The molecule has 2 heterocycles. The molecule has 1 fully saturated rings. The maximum absolute atomic E-state index is 11.5. The summed E-state index contributed by atoms with van der Waals surface area (Å²) in [4.78, 5) is 20.1. The SMILES string of the molecule is CCOC(=O)c1nc(C2CN(C)CCCN2C)no1. The first-order valence-corrected chi connectivity index (χ1v) is 6.51. The molecule has 0 saturated carbocycles. The van der Waals surface area contributed by atoms with Crippen LogP contribution in [0.3, 0.4) is 0 Å². The van der Waals surface area contributed by atoms with E-state index in [4.69, 9.17) is 9.26 Å². The predicted octanol–water partition coefficient (Wildman–Crippen LogP) is 0.555. The third-order valence-electron chi connectivity index (χ3n) is 3.26. The van der Waals surface area contributed by atoms with Gasteiger partial charge in [0.1, 0.15) is 0 Å². The zero-order valence-electron chi connectivity index (χ0n) is 11.6. The molecule has 1 aromatic heterocycles. The molecule has 1 atom stereocenters. The highest BCUT2D eigenvalue weighted by atomic mass is 16.6. The van der Waals surface area contributed by atoms with Crippen LogP contribution in [0.4, 0.5) is 0 Å². The van der Waals surface area contributed by atoms with Crippen molar-refractivity contribution in [2.75, 3.05) is 40.3 Å². The minimum Gasteiger partial charge on any atom is -0.459 e. The van der Waals surface area contributed by atoms with Gasteiger partial charge in [-0.3, -0.25) is 4.90 Å². The summed E-state index contributed by atoms with van der Waals surface area (Å²) in [6, 6.07) is 0.0411. The largest absolute Gasteiger partial charge is 0.459 e. The van der Waals surface area contributed by atoms with Crippen molar-refractivity contribution in [3.63, 3.8) is 0 Å². The number of esters is 1. The molecule has 1 aliphatic heterocycles. The normalized spacial score (nSPS) is 22.2. The molecule has 0 bridgehead atoms. The molecule has 7 nitrogen and oxygen atoms in total. The van der Waals surface area contributed by atoms with Gasteiger partial charge in [-0.2, -0.15) is 4.98 Å². The maximum Gasteiger partial charge on any atom is 0.397 e. The van der Waals surface area contributed by atoms with Gasteiger partial charge in [-0.1, -0.05) is 5.16 Å². The van der Waals surface area contributed by atoms with Crippen molar-refractivity contribution in [3.8, 4) is 0 Å². The van der Waals surface area contributed by atoms with Crippen LogP contribution in [0.2, 0.25) is 0 Å². The van der Waals surface area contributed by atoms with Gasteiger partial charge in [0.2, 0.25) is 0 Å². The summed E-state index contributed by atoms with van der Waals surface area (Å²) in [6.07, 6.45) is 1.10. The quantitative estimate of drug-likeness (QED) is 0.741. The fraction of sp³-hybridized carbons (Fsp3) is 0.750. The van der Waals surface area contributed by atoms with Gasteiger partial charge in [-0.05, 0) is 40.5 Å². The number of carbonyl (C=O) groups is 1. The zero-order chi connectivity index (χ0) is 13.8. The van der Waals surface area contributed by atoms with Gasteiger partial charge in [0.15, 0.2) is 5.82 Å². The summed E-state index contributed by atoms with van der Waals surface area (Å²) in [5.41, 5.74) is 0. The Bertz CT molecular complexity index is 434. The van der Waals surface area contributed by atoms with E-state index in [-0.39, 0.29) is 11.9 Å². The monoisotopic (exact) mass is 268 g/mol. The lowest BCUT2D eigenvalue weighted by atomic mass is 10.2. The van der Waals surface area contributed by atoms with E-state index in [2.05, 4.69) is 27.0 Å². The lowest BCUT2D eigenvalue weighted by molar-refractivity contribution is 0.0470. The molecular formula is C12H20N4O3. The number of hydrogen-bond acceptors (Lipinski definition) is 7. The highest BCUT2D eigenvalue weighted by molar-refractivity contribution is 5.83. The van der Waals surface area contributed by atoms with Gasteiger partial charge in [0, 0.05) is 6.54 Å². The Morgan fingerprint density at radius 1 is 1.47 bits per heavy atom. The van der Waals surface area contributed by atoms with Crippen LogP contribution >= 0.6 is 0 Å².